The van der Waals surface area contributed by atoms with Gasteiger partial charge >= 0.3 is 0 Å². The Balaban J connectivity index is 0.000000940. The number of hydrogen-bond donors (Lipinski definition) is 1. The predicted octanol–water partition coefficient (Wildman–Crippen LogP) is 7.07. The molecule has 34 heavy (non-hydrogen) atoms. The van der Waals surface area contributed by atoms with Crippen LogP contribution in [0.15, 0.2) is 47.0 Å². The lowest BCUT2D eigenvalue weighted by molar-refractivity contribution is 0.164. The molecule has 2 aliphatic rings. The van der Waals surface area contributed by atoms with Crippen molar-refractivity contribution in [3.63, 3.8) is 0 Å². The van der Waals surface area contributed by atoms with Crippen molar-refractivity contribution in [2.24, 2.45) is 11.8 Å². The number of aromatic amines is 1. The first kappa shape index (κ1) is 22.6. The first-order valence-electron chi connectivity index (χ1n) is 12.7. The highest BCUT2D eigenvalue weighted by molar-refractivity contribution is 5.94. The first-order valence-corrected chi connectivity index (χ1v) is 12.7. The van der Waals surface area contributed by atoms with Crippen molar-refractivity contribution in [3.8, 4) is 28.5 Å². The first-order chi connectivity index (χ1) is 16.8. The summed E-state index contributed by atoms with van der Waals surface area (Å²) in [6.45, 7) is 4.00. The number of aromatic nitrogens is 5. The maximum absolute atomic E-state index is 6.45. The smallest absolute Gasteiger partial charge is 0.204 e. The Morgan fingerprint density at radius 2 is 1.74 bits per heavy atom. The summed E-state index contributed by atoms with van der Waals surface area (Å²) >= 11 is 0. The summed E-state index contributed by atoms with van der Waals surface area (Å²) < 4.78 is 12.2. The predicted molar refractivity (Wildman–Crippen MR) is 134 cm³/mol. The topological polar surface area (TPSA) is 89.7 Å². The summed E-state index contributed by atoms with van der Waals surface area (Å²) in [5.74, 6) is 4.06. The highest BCUT2D eigenvalue weighted by Gasteiger charge is 2.30. The van der Waals surface area contributed by atoms with Crippen LogP contribution in [0.5, 0.6) is 5.75 Å². The largest absolute Gasteiger partial charge is 0.490 e. The second-order valence-electron chi connectivity index (χ2n) is 9.21. The van der Waals surface area contributed by atoms with E-state index in [-0.39, 0.29) is 1.43 Å². The molecule has 0 spiro atoms. The number of nitrogens with zero attached hydrogens (tertiary/aromatic N) is 4. The van der Waals surface area contributed by atoms with Crippen LogP contribution >= 0.6 is 0 Å². The van der Waals surface area contributed by atoms with Crippen LogP contribution in [0.1, 0.15) is 66.6 Å². The number of tetrazole rings is 1. The molecule has 0 bridgehead atoms. The molecule has 2 heterocycles. The lowest BCUT2D eigenvalue weighted by atomic mass is 9.73. The van der Waals surface area contributed by atoms with Gasteiger partial charge in [0, 0.05) is 12.6 Å². The van der Waals surface area contributed by atoms with Gasteiger partial charge in [0.2, 0.25) is 5.82 Å². The SMILES string of the molecule is CC.[HH].c1cc(OC2CCCC(C3CCC3)CC2)cc(-c2onc3ccc(-c4nn[nH]n4)cc23)c1. The van der Waals surface area contributed by atoms with E-state index in [4.69, 9.17) is 9.26 Å². The van der Waals surface area contributed by atoms with Gasteiger partial charge in [-0.3, -0.25) is 0 Å². The number of H-pyrrole nitrogens is 1. The maximum Gasteiger partial charge on any atom is 0.204 e. The number of nitrogens with one attached hydrogen (secondary N) is 1. The van der Waals surface area contributed by atoms with E-state index in [0.717, 1.165) is 58.2 Å². The number of ether oxygens (including phenoxy) is 1. The van der Waals surface area contributed by atoms with Crippen LogP contribution < -0.4 is 4.74 Å². The zero-order valence-electron chi connectivity index (χ0n) is 20.0. The molecule has 4 aromatic rings. The standard InChI is InChI=1S/C25H27N5O2.C2H6.H2/c1-4-16(5-1)17-6-2-8-20(12-10-17)31-21-9-3-7-18(14-21)24-22-15-19(25-26-29-30-27-25)11-13-23(22)28-32-24;1-2;/h3,7,9,11,13-17,20H,1-2,4-6,8,10,12H2,(H,26,27,29,30);1-2H3;1H. The van der Waals surface area contributed by atoms with E-state index in [0.29, 0.717) is 11.9 Å². The lowest BCUT2D eigenvalue weighted by Gasteiger charge is -2.33. The molecule has 180 valence electrons. The van der Waals surface area contributed by atoms with E-state index in [2.05, 4.69) is 31.8 Å². The molecule has 2 fully saturated rings. The Morgan fingerprint density at radius 3 is 2.53 bits per heavy atom. The van der Waals surface area contributed by atoms with Crippen LogP contribution in [0.2, 0.25) is 0 Å². The molecule has 6 rings (SSSR count). The Labute approximate surface area is 201 Å². The van der Waals surface area contributed by atoms with Gasteiger partial charge in [-0.25, -0.2) is 0 Å². The third kappa shape index (κ3) is 4.69. The Hall–Kier alpha value is -3.22. The minimum Gasteiger partial charge on any atom is -0.490 e. The van der Waals surface area contributed by atoms with Gasteiger partial charge in [0.15, 0.2) is 5.76 Å². The maximum atomic E-state index is 6.45. The summed E-state index contributed by atoms with van der Waals surface area (Å²) in [4.78, 5) is 0. The number of fused-ring (bicyclic) bond motifs is 1. The summed E-state index contributed by atoms with van der Waals surface area (Å²) in [6.07, 6.45) is 10.9. The fraction of sp³-hybridized carbons (Fsp3) is 0.481. The molecule has 2 aromatic carbocycles. The van der Waals surface area contributed by atoms with Gasteiger partial charge < -0.3 is 9.26 Å². The average molecular weight is 462 g/mol. The number of hydrogen-bond acceptors (Lipinski definition) is 6. The van der Waals surface area contributed by atoms with Gasteiger partial charge in [0.1, 0.15) is 11.3 Å². The van der Waals surface area contributed by atoms with Crippen molar-refractivity contribution in [1.29, 1.82) is 0 Å². The number of benzene rings is 2. The van der Waals surface area contributed by atoms with E-state index in [1.165, 1.54) is 38.5 Å². The van der Waals surface area contributed by atoms with Crippen LogP contribution in [0.25, 0.3) is 33.6 Å². The second-order valence-corrected chi connectivity index (χ2v) is 9.21. The van der Waals surface area contributed by atoms with E-state index in [1.54, 1.807) is 0 Å². The van der Waals surface area contributed by atoms with Crippen LogP contribution in [-0.2, 0) is 0 Å². The van der Waals surface area contributed by atoms with E-state index >= 15 is 0 Å². The highest BCUT2D eigenvalue weighted by Crippen LogP contribution is 2.41. The van der Waals surface area contributed by atoms with E-state index in [9.17, 15) is 0 Å². The molecule has 0 saturated heterocycles. The van der Waals surface area contributed by atoms with Gasteiger partial charge in [-0.1, -0.05) is 56.8 Å². The van der Waals surface area contributed by atoms with Gasteiger partial charge in [-0.05, 0) is 73.1 Å². The highest BCUT2D eigenvalue weighted by atomic mass is 16.5. The van der Waals surface area contributed by atoms with Crippen molar-refractivity contribution < 1.29 is 10.7 Å². The third-order valence-electron chi connectivity index (χ3n) is 7.26. The van der Waals surface area contributed by atoms with E-state index < -0.39 is 0 Å². The molecule has 0 radical (unpaired) electrons. The number of rotatable bonds is 5. The molecule has 7 nitrogen and oxygen atoms in total. The van der Waals surface area contributed by atoms with Crippen molar-refractivity contribution >= 4 is 10.9 Å². The molecule has 2 unspecified atom stereocenters. The van der Waals surface area contributed by atoms with E-state index in [1.807, 2.05) is 50.2 Å². The average Bonchev–Trinajstić information content (AvgIpc) is 3.47. The summed E-state index contributed by atoms with van der Waals surface area (Å²) in [5, 5.41) is 19.4. The second kappa shape index (κ2) is 10.4. The van der Waals surface area contributed by atoms with Crippen LogP contribution in [0.3, 0.4) is 0 Å². The molecule has 1 N–H and O–H groups in total. The molecule has 2 aromatic heterocycles. The Kier molecular flexibility index (Phi) is 6.88. The van der Waals surface area contributed by atoms with Gasteiger partial charge in [0.25, 0.3) is 0 Å². The summed E-state index contributed by atoms with van der Waals surface area (Å²) in [5.41, 5.74) is 2.61. The molecule has 7 heteroatoms. The lowest BCUT2D eigenvalue weighted by Crippen LogP contribution is -2.22. The summed E-state index contributed by atoms with van der Waals surface area (Å²) in [6, 6.07) is 14.0. The zero-order valence-corrected chi connectivity index (χ0v) is 20.0. The molecule has 2 atom stereocenters. The molecular formula is C27H35N5O2. The van der Waals surface area contributed by atoms with Crippen LogP contribution in [0.4, 0.5) is 0 Å². The van der Waals surface area contributed by atoms with Crippen molar-refractivity contribution in [2.45, 2.75) is 71.3 Å². The Bertz CT molecular complexity index is 1210. The fourth-order valence-electron chi connectivity index (χ4n) is 5.27. The minimum absolute atomic E-state index is 0. The quantitative estimate of drug-likeness (QED) is 0.320. The molecular weight excluding hydrogens is 426 g/mol. The van der Waals surface area contributed by atoms with Gasteiger partial charge in [0.05, 0.1) is 11.5 Å². The fourth-order valence-corrected chi connectivity index (χ4v) is 5.27. The van der Waals surface area contributed by atoms with Crippen molar-refractivity contribution in [1.82, 2.24) is 25.8 Å². The van der Waals surface area contributed by atoms with Crippen molar-refractivity contribution in [3.05, 3.63) is 42.5 Å². The van der Waals surface area contributed by atoms with Crippen LogP contribution in [-0.4, -0.2) is 31.9 Å². The third-order valence-corrected chi connectivity index (χ3v) is 7.26. The molecule has 2 aliphatic carbocycles. The monoisotopic (exact) mass is 461 g/mol. The minimum atomic E-state index is 0. The normalized spacial score (nSPS) is 20.8. The van der Waals surface area contributed by atoms with Gasteiger partial charge in [-0.15, -0.1) is 10.2 Å². The van der Waals surface area contributed by atoms with Gasteiger partial charge in [-0.2, -0.15) is 5.21 Å². The molecule has 0 amide bonds. The van der Waals surface area contributed by atoms with Crippen molar-refractivity contribution in [2.75, 3.05) is 0 Å². The zero-order chi connectivity index (χ0) is 23.3. The Morgan fingerprint density at radius 1 is 0.912 bits per heavy atom. The summed E-state index contributed by atoms with van der Waals surface area (Å²) in [7, 11) is 0. The molecule has 2 saturated carbocycles. The van der Waals surface area contributed by atoms with Crippen LogP contribution in [0, 0.1) is 11.8 Å². The molecule has 0 aliphatic heterocycles.